The molecule has 4 unspecified atom stereocenters. The van der Waals surface area contributed by atoms with Crippen LogP contribution in [0.2, 0.25) is 0 Å². The third-order valence-corrected chi connectivity index (χ3v) is 3.44. The molecule has 0 aromatic carbocycles. The van der Waals surface area contributed by atoms with Crippen molar-refractivity contribution < 1.29 is 14.6 Å². The van der Waals surface area contributed by atoms with Crippen LogP contribution in [0.25, 0.3) is 0 Å². The summed E-state index contributed by atoms with van der Waals surface area (Å²) in [6, 6.07) is 0. The lowest BCUT2D eigenvalue weighted by atomic mass is 10.0. The van der Waals surface area contributed by atoms with Gasteiger partial charge in [-0.2, -0.15) is 0 Å². The summed E-state index contributed by atoms with van der Waals surface area (Å²) >= 11 is 0. The van der Waals surface area contributed by atoms with Crippen LogP contribution in [-0.2, 0) is 9.53 Å². The van der Waals surface area contributed by atoms with Crippen molar-refractivity contribution in [2.24, 2.45) is 5.92 Å². The van der Waals surface area contributed by atoms with Gasteiger partial charge in [0.2, 0.25) is 5.91 Å². The van der Waals surface area contributed by atoms with Gasteiger partial charge in [-0.3, -0.25) is 4.79 Å². The van der Waals surface area contributed by atoms with Crippen LogP contribution in [-0.4, -0.2) is 41.0 Å². The number of rotatable bonds is 2. The summed E-state index contributed by atoms with van der Waals surface area (Å²) in [5.41, 5.74) is 0.686. The van der Waals surface area contributed by atoms with E-state index in [1.807, 2.05) is 18.0 Å². The van der Waals surface area contributed by atoms with Gasteiger partial charge in [-0.05, 0) is 20.3 Å². The molecule has 4 atom stereocenters. The predicted molar refractivity (Wildman–Crippen MR) is 62.7 cm³/mol. The van der Waals surface area contributed by atoms with Crippen molar-refractivity contribution in [1.82, 2.24) is 10.2 Å². The highest BCUT2D eigenvalue weighted by Crippen LogP contribution is 2.30. The molecule has 2 aliphatic rings. The minimum absolute atomic E-state index is 0.0295. The normalized spacial score (nSPS) is 38.0. The van der Waals surface area contributed by atoms with Gasteiger partial charge in [-0.25, -0.2) is 0 Å². The zero-order valence-electron chi connectivity index (χ0n) is 10.5. The number of carbonyl (C=O) groups excluding carboxylic acids is 1. The fraction of sp³-hybridized carbons (Fsp3) is 0.750. The molecule has 2 rings (SSSR count). The molecule has 0 radical (unpaired) electrons. The van der Waals surface area contributed by atoms with Crippen molar-refractivity contribution >= 4 is 5.91 Å². The Morgan fingerprint density at radius 3 is 2.88 bits per heavy atom. The van der Waals surface area contributed by atoms with E-state index in [9.17, 15) is 4.79 Å². The van der Waals surface area contributed by atoms with Crippen LogP contribution in [0, 0.1) is 5.92 Å². The zero-order valence-corrected chi connectivity index (χ0v) is 10.5. The summed E-state index contributed by atoms with van der Waals surface area (Å²) < 4.78 is 5.80. The average molecular weight is 240 g/mol. The first-order chi connectivity index (χ1) is 8.02. The van der Waals surface area contributed by atoms with Crippen molar-refractivity contribution in [2.45, 2.75) is 45.7 Å². The topological polar surface area (TPSA) is 61.8 Å². The monoisotopic (exact) mass is 240 g/mol. The molecule has 1 saturated heterocycles. The molecule has 5 nitrogen and oxygen atoms in total. The fourth-order valence-electron chi connectivity index (χ4n) is 2.47. The lowest BCUT2D eigenvalue weighted by molar-refractivity contribution is -0.124. The highest BCUT2D eigenvalue weighted by molar-refractivity contribution is 5.93. The summed E-state index contributed by atoms with van der Waals surface area (Å²) in [4.78, 5) is 13.5. The smallest absolute Gasteiger partial charge is 0.249 e. The summed E-state index contributed by atoms with van der Waals surface area (Å²) in [5.74, 6) is 0.312. The van der Waals surface area contributed by atoms with Gasteiger partial charge in [0, 0.05) is 17.7 Å². The molecule has 96 valence electrons. The number of carbonyl (C=O) groups is 1. The summed E-state index contributed by atoms with van der Waals surface area (Å²) in [5, 5.41) is 12.0. The standard InChI is InChI=1S/C12H20N2O3/c1-7-4-10(6-15)17-12(7)14-5-8(2)11(16)13-9(14)3/h5,7,9-10,12,15H,4,6H2,1-3H3,(H,13,16). The first-order valence-corrected chi connectivity index (χ1v) is 6.06. The van der Waals surface area contributed by atoms with Crippen LogP contribution in [0.3, 0.4) is 0 Å². The fourth-order valence-corrected chi connectivity index (χ4v) is 2.47. The average Bonchev–Trinajstić information content (AvgIpc) is 2.65. The molecular weight excluding hydrogens is 220 g/mol. The molecule has 2 heterocycles. The summed E-state index contributed by atoms with van der Waals surface area (Å²) in [6.45, 7) is 5.88. The van der Waals surface area contributed by atoms with Gasteiger partial charge < -0.3 is 20.1 Å². The maximum Gasteiger partial charge on any atom is 0.249 e. The predicted octanol–water partition coefficient (Wildman–Crippen LogP) is 0.411. The second-order valence-electron chi connectivity index (χ2n) is 4.95. The lowest BCUT2D eigenvalue weighted by Gasteiger charge is -2.38. The molecule has 0 bridgehead atoms. The van der Waals surface area contributed by atoms with Crippen molar-refractivity contribution in [3.8, 4) is 0 Å². The zero-order chi connectivity index (χ0) is 12.6. The molecule has 17 heavy (non-hydrogen) atoms. The van der Waals surface area contributed by atoms with E-state index in [-0.39, 0.29) is 31.0 Å². The second kappa shape index (κ2) is 4.66. The lowest BCUT2D eigenvalue weighted by Crippen LogP contribution is -2.53. The molecule has 1 fully saturated rings. The number of nitrogens with zero attached hydrogens (tertiary/aromatic N) is 1. The third kappa shape index (κ3) is 2.30. The number of hydrogen-bond acceptors (Lipinski definition) is 4. The minimum atomic E-state index is -0.0893. The Balaban J connectivity index is 2.14. The van der Waals surface area contributed by atoms with E-state index in [0.29, 0.717) is 11.5 Å². The number of aliphatic hydroxyl groups excluding tert-OH is 1. The summed E-state index contributed by atoms with van der Waals surface area (Å²) in [6.07, 6.45) is 2.47. The minimum Gasteiger partial charge on any atom is -0.394 e. The molecule has 1 amide bonds. The van der Waals surface area contributed by atoms with Gasteiger partial charge in [0.05, 0.1) is 12.7 Å². The largest absolute Gasteiger partial charge is 0.394 e. The van der Waals surface area contributed by atoms with Crippen LogP contribution >= 0.6 is 0 Å². The Hall–Kier alpha value is -1.07. The van der Waals surface area contributed by atoms with Gasteiger partial charge in [0.1, 0.15) is 12.4 Å². The van der Waals surface area contributed by atoms with Gasteiger partial charge in [0.25, 0.3) is 0 Å². The molecule has 0 aromatic heterocycles. The summed E-state index contributed by atoms with van der Waals surface area (Å²) in [7, 11) is 0. The Morgan fingerprint density at radius 2 is 2.29 bits per heavy atom. The van der Waals surface area contributed by atoms with Crippen LogP contribution in [0.15, 0.2) is 11.8 Å². The van der Waals surface area contributed by atoms with E-state index in [1.54, 1.807) is 6.92 Å². The quantitative estimate of drug-likeness (QED) is 0.734. The molecule has 0 aliphatic carbocycles. The van der Waals surface area contributed by atoms with Crippen molar-refractivity contribution in [1.29, 1.82) is 0 Å². The number of ether oxygens (including phenoxy) is 1. The highest BCUT2D eigenvalue weighted by atomic mass is 16.5. The van der Waals surface area contributed by atoms with Gasteiger partial charge in [0.15, 0.2) is 0 Å². The molecule has 0 spiro atoms. The Kier molecular flexibility index (Phi) is 3.40. The maximum atomic E-state index is 11.5. The Morgan fingerprint density at radius 1 is 1.59 bits per heavy atom. The van der Waals surface area contributed by atoms with Crippen LogP contribution in [0.4, 0.5) is 0 Å². The van der Waals surface area contributed by atoms with Crippen molar-refractivity contribution in [3.05, 3.63) is 11.8 Å². The highest BCUT2D eigenvalue weighted by Gasteiger charge is 2.38. The van der Waals surface area contributed by atoms with E-state index in [4.69, 9.17) is 9.84 Å². The second-order valence-corrected chi connectivity index (χ2v) is 4.95. The maximum absolute atomic E-state index is 11.5. The molecular formula is C12H20N2O3. The molecule has 2 N–H and O–H groups in total. The van der Waals surface area contributed by atoms with E-state index in [1.165, 1.54) is 0 Å². The van der Waals surface area contributed by atoms with Gasteiger partial charge >= 0.3 is 0 Å². The van der Waals surface area contributed by atoms with Crippen molar-refractivity contribution in [2.75, 3.05) is 6.61 Å². The number of aliphatic hydroxyl groups is 1. The molecule has 0 aromatic rings. The van der Waals surface area contributed by atoms with Crippen molar-refractivity contribution in [3.63, 3.8) is 0 Å². The van der Waals surface area contributed by atoms with Gasteiger partial charge in [-0.1, -0.05) is 6.92 Å². The van der Waals surface area contributed by atoms with E-state index >= 15 is 0 Å². The van der Waals surface area contributed by atoms with Crippen LogP contribution < -0.4 is 5.32 Å². The van der Waals surface area contributed by atoms with E-state index < -0.39 is 0 Å². The van der Waals surface area contributed by atoms with Crippen LogP contribution in [0.5, 0.6) is 0 Å². The third-order valence-electron chi connectivity index (χ3n) is 3.44. The Labute approximate surface area is 101 Å². The number of amides is 1. The molecule has 0 saturated carbocycles. The van der Waals surface area contributed by atoms with E-state index in [2.05, 4.69) is 12.2 Å². The Bertz CT molecular complexity index is 343. The number of nitrogens with one attached hydrogen (secondary N) is 1. The molecule has 2 aliphatic heterocycles. The first-order valence-electron chi connectivity index (χ1n) is 6.06. The first kappa shape index (κ1) is 12.4. The van der Waals surface area contributed by atoms with E-state index in [0.717, 1.165) is 6.42 Å². The van der Waals surface area contributed by atoms with Crippen LogP contribution in [0.1, 0.15) is 27.2 Å². The molecule has 5 heteroatoms. The number of hydrogen-bond donors (Lipinski definition) is 2. The SMILES string of the molecule is CC1=CN(C2OC(CO)CC2C)C(C)NC1=O. The van der Waals surface area contributed by atoms with Gasteiger partial charge in [-0.15, -0.1) is 0 Å².